The number of phenols is 1. The van der Waals surface area contributed by atoms with E-state index in [1.807, 2.05) is 0 Å². The molecule has 0 heterocycles. The summed E-state index contributed by atoms with van der Waals surface area (Å²) in [6.45, 7) is 1.73. The van der Waals surface area contributed by atoms with E-state index in [1.165, 1.54) is 12.1 Å². The maximum Gasteiger partial charge on any atom is 0.351 e. The quantitative estimate of drug-likeness (QED) is 0.614. The van der Waals surface area contributed by atoms with Crippen molar-refractivity contribution in [3.63, 3.8) is 0 Å². The van der Waals surface area contributed by atoms with Crippen LogP contribution < -0.4 is 5.73 Å². The van der Waals surface area contributed by atoms with Crippen molar-refractivity contribution in [2.24, 2.45) is 5.73 Å². The standard InChI is InChI=1S/C10H11NO3/c1-6-4-7(2-3-9(6)12)5-8(11)10(13)14/h2-5,12H,11H2,1H3,(H,13,14)/b8-5-. The average molecular weight is 193 g/mol. The third-order valence-electron chi connectivity index (χ3n) is 1.79. The van der Waals surface area contributed by atoms with Gasteiger partial charge in [0.05, 0.1) is 0 Å². The molecule has 4 N–H and O–H groups in total. The van der Waals surface area contributed by atoms with Crippen LogP contribution in [-0.4, -0.2) is 16.2 Å². The van der Waals surface area contributed by atoms with E-state index in [4.69, 9.17) is 10.8 Å². The molecule has 0 aliphatic carbocycles. The van der Waals surface area contributed by atoms with Gasteiger partial charge in [0.1, 0.15) is 11.4 Å². The monoisotopic (exact) mass is 193 g/mol. The van der Waals surface area contributed by atoms with E-state index in [1.54, 1.807) is 19.1 Å². The van der Waals surface area contributed by atoms with Gasteiger partial charge < -0.3 is 15.9 Å². The van der Waals surface area contributed by atoms with Crippen LogP contribution in [0, 0.1) is 6.92 Å². The first-order valence-corrected chi connectivity index (χ1v) is 4.01. The highest BCUT2D eigenvalue weighted by Crippen LogP contribution is 2.18. The fraction of sp³-hybridized carbons (Fsp3) is 0.100. The highest BCUT2D eigenvalue weighted by Gasteiger charge is 2.01. The molecule has 4 heteroatoms. The second kappa shape index (κ2) is 3.83. The molecule has 0 unspecified atom stereocenters. The Kier molecular flexibility index (Phi) is 2.76. The van der Waals surface area contributed by atoms with Gasteiger partial charge in [0, 0.05) is 0 Å². The Morgan fingerprint density at radius 1 is 1.50 bits per heavy atom. The van der Waals surface area contributed by atoms with Crippen molar-refractivity contribution in [3.05, 3.63) is 35.0 Å². The molecule has 1 aromatic rings. The molecule has 0 atom stereocenters. The highest BCUT2D eigenvalue weighted by atomic mass is 16.4. The van der Waals surface area contributed by atoms with Gasteiger partial charge in [0.2, 0.25) is 0 Å². The van der Waals surface area contributed by atoms with Crippen molar-refractivity contribution in [2.45, 2.75) is 6.92 Å². The summed E-state index contributed by atoms with van der Waals surface area (Å²) >= 11 is 0. The number of benzene rings is 1. The maximum atomic E-state index is 10.4. The normalized spacial score (nSPS) is 11.4. The van der Waals surface area contributed by atoms with Crippen LogP contribution in [0.25, 0.3) is 6.08 Å². The summed E-state index contributed by atoms with van der Waals surface area (Å²) in [5.74, 6) is -0.980. The van der Waals surface area contributed by atoms with Gasteiger partial charge in [-0.2, -0.15) is 0 Å². The van der Waals surface area contributed by atoms with Gasteiger partial charge in [-0.3, -0.25) is 0 Å². The lowest BCUT2D eigenvalue weighted by atomic mass is 10.1. The molecule has 74 valence electrons. The molecule has 0 radical (unpaired) electrons. The first-order valence-electron chi connectivity index (χ1n) is 4.01. The first kappa shape index (κ1) is 10.1. The van der Waals surface area contributed by atoms with Crippen molar-refractivity contribution in [1.29, 1.82) is 0 Å². The van der Waals surface area contributed by atoms with E-state index < -0.39 is 5.97 Å². The topological polar surface area (TPSA) is 83.6 Å². The summed E-state index contributed by atoms with van der Waals surface area (Å²) in [7, 11) is 0. The second-order valence-electron chi connectivity index (χ2n) is 2.95. The highest BCUT2D eigenvalue weighted by molar-refractivity contribution is 5.91. The minimum Gasteiger partial charge on any atom is -0.508 e. The van der Waals surface area contributed by atoms with E-state index >= 15 is 0 Å². The molecular formula is C10H11NO3. The van der Waals surface area contributed by atoms with Crippen molar-refractivity contribution < 1.29 is 15.0 Å². The van der Waals surface area contributed by atoms with Crippen LogP contribution in [0.15, 0.2) is 23.9 Å². The Bertz CT molecular complexity index is 396. The van der Waals surface area contributed by atoms with Crippen molar-refractivity contribution in [3.8, 4) is 5.75 Å². The summed E-state index contributed by atoms with van der Waals surface area (Å²) in [4.78, 5) is 10.4. The van der Waals surface area contributed by atoms with Crippen LogP contribution in [0.5, 0.6) is 5.75 Å². The zero-order chi connectivity index (χ0) is 10.7. The van der Waals surface area contributed by atoms with Gasteiger partial charge in [0.25, 0.3) is 0 Å². The zero-order valence-electron chi connectivity index (χ0n) is 7.69. The van der Waals surface area contributed by atoms with Crippen LogP contribution >= 0.6 is 0 Å². The lowest BCUT2D eigenvalue weighted by molar-refractivity contribution is -0.132. The molecule has 0 fully saturated rings. The first-order chi connectivity index (χ1) is 6.50. The average Bonchev–Trinajstić information content (AvgIpc) is 2.11. The summed E-state index contributed by atoms with van der Waals surface area (Å²) < 4.78 is 0. The molecule has 0 aliphatic heterocycles. The second-order valence-corrected chi connectivity index (χ2v) is 2.95. The molecule has 0 saturated carbocycles. The predicted octanol–water partition coefficient (Wildman–Crippen LogP) is 1.08. The van der Waals surface area contributed by atoms with Gasteiger partial charge in [-0.05, 0) is 36.3 Å². The third-order valence-corrected chi connectivity index (χ3v) is 1.79. The molecule has 0 saturated heterocycles. The Labute approximate surface area is 81.3 Å². The molecule has 14 heavy (non-hydrogen) atoms. The largest absolute Gasteiger partial charge is 0.508 e. The molecule has 0 bridgehead atoms. The van der Waals surface area contributed by atoms with Crippen LogP contribution in [0.4, 0.5) is 0 Å². The number of hydrogen-bond donors (Lipinski definition) is 3. The molecule has 0 amide bonds. The van der Waals surface area contributed by atoms with E-state index in [0.717, 1.165) is 0 Å². The number of aliphatic carboxylic acids is 1. The molecule has 1 aromatic carbocycles. The lowest BCUT2D eigenvalue weighted by Gasteiger charge is -2.00. The minimum absolute atomic E-state index is 0.177. The smallest absolute Gasteiger partial charge is 0.351 e. The summed E-state index contributed by atoms with van der Waals surface area (Å²) in [6, 6.07) is 4.75. The van der Waals surface area contributed by atoms with Crippen LogP contribution in [-0.2, 0) is 4.79 Å². The minimum atomic E-state index is -1.16. The van der Waals surface area contributed by atoms with Gasteiger partial charge in [-0.1, -0.05) is 6.07 Å². The Hall–Kier alpha value is -1.97. The summed E-state index contributed by atoms with van der Waals surface area (Å²) in [5, 5.41) is 17.7. The summed E-state index contributed by atoms with van der Waals surface area (Å²) in [6.07, 6.45) is 1.34. The van der Waals surface area contributed by atoms with Gasteiger partial charge in [-0.25, -0.2) is 4.79 Å². The van der Waals surface area contributed by atoms with Crippen molar-refractivity contribution in [2.75, 3.05) is 0 Å². The fourth-order valence-electron chi connectivity index (χ4n) is 1.01. The molecule has 0 aromatic heterocycles. The zero-order valence-corrected chi connectivity index (χ0v) is 7.69. The third kappa shape index (κ3) is 2.26. The van der Waals surface area contributed by atoms with Crippen LogP contribution in [0.3, 0.4) is 0 Å². The maximum absolute atomic E-state index is 10.4. The van der Waals surface area contributed by atoms with E-state index in [9.17, 15) is 9.90 Å². The van der Waals surface area contributed by atoms with Gasteiger partial charge >= 0.3 is 5.97 Å². The Morgan fingerprint density at radius 2 is 2.14 bits per heavy atom. The fourth-order valence-corrected chi connectivity index (χ4v) is 1.01. The molecule has 1 rings (SSSR count). The van der Waals surface area contributed by atoms with Crippen molar-refractivity contribution >= 4 is 12.0 Å². The molecular weight excluding hydrogens is 182 g/mol. The Balaban J connectivity index is 3.04. The lowest BCUT2D eigenvalue weighted by Crippen LogP contribution is -2.09. The molecule has 0 aliphatic rings. The molecule has 4 nitrogen and oxygen atoms in total. The van der Waals surface area contributed by atoms with Crippen LogP contribution in [0.2, 0.25) is 0 Å². The number of aromatic hydroxyl groups is 1. The van der Waals surface area contributed by atoms with Gasteiger partial charge in [0.15, 0.2) is 0 Å². The predicted molar refractivity (Wildman–Crippen MR) is 52.6 cm³/mol. The Morgan fingerprint density at radius 3 is 2.64 bits per heavy atom. The number of phenolic OH excluding ortho intramolecular Hbond substituents is 1. The van der Waals surface area contributed by atoms with Gasteiger partial charge in [-0.15, -0.1) is 0 Å². The summed E-state index contributed by atoms with van der Waals surface area (Å²) in [5.41, 5.74) is 6.34. The number of hydrogen-bond acceptors (Lipinski definition) is 3. The number of carbonyl (C=O) groups is 1. The van der Waals surface area contributed by atoms with E-state index in [-0.39, 0.29) is 11.4 Å². The van der Waals surface area contributed by atoms with Crippen LogP contribution in [0.1, 0.15) is 11.1 Å². The number of carboxylic acids is 1. The van der Waals surface area contributed by atoms with E-state index in [0.29, 0.717) is 11.1 Å². The van der Waals surface area contributed by atoms with Crippen molar-refractivity contribution in [1.82, 2.24) is 0 Å². The SMILES string of the molecule is Cc1cc(/C=C(\N)C(=O)O)ccc1O. The van der Waals surface area contributed by atoms with E-state index in [2.05, 4.69) is 0 Å². The number of rotatable bonds is 2. The molecule has 0 spiro atoms. The number of carboxylic acid groups (broad SMARTS) is 1. The number of nitrogens with two attached hydrogens (primary N) is 1. The number of aryl methyl sites for hydroxylation is 1.